The molecule has 25 heavy (non-hydrogen) atoms. The maximum Gasteiger partial charge on any atom is 0.225 e. The summed E-state index contributed by atoms with van der Waals surface area (Å²) in [6.45, 7) is 0.386. The third-order valence-corrected chi connectivity index (χ3v) is 4.60. The molecule has 3 rings (SSSR count). The first-order chi connectivity index (χ1) is 12.1. The van der Waals surface area contributed by atoms with E-state index in [9.17, 15) is 14.0 Å². The van der Waals surface area contributed by atoms with E-state index in [4.69, 9.17) is 0 Å². The van der Waals surface area contributed by atoms with Gasteiger partial charge in [0, 0.05) is 32.4 Å². The van der Waals surface area contributed by atoms with Crippen LogP contribution < -0.4 is 5.32 Å². The van der Waals surface area contributed by atoms with Gasteiger partial charge < -0.3 is 10.2 Å². The summed E-state index contributed by atoms with van der Waals surface area (Å²) in [5.74, 6) is -0.834. The van der Waals surface area contributed by atoms with Crippen molar-refractivity contribution < 1.29 is 14.0 Å². The number of carbonyl (C=O) groups excluding carboxylic acids is 2. The van der Waals surface area contributed by atoms with E-state index in [2.05, 4.69) is 10.3 Å². The Kier molecular flexibility index (Phi) is 5.07. The molecule has 0 radical (unpaired) electrons. The molecule has 1 saturated heterocycles. The molecular weight excluding hydrogens is 321 g/mol. The van der Waals surface area contributed by atoms with E-state index in [-0.39, 0.29) is 23.5 Å². The lowest BCUT2D eigenvalue weighted by atomic mass is 9.84. The molecule has 0 bridgehead atoms. The van der Waals surface area contributed by atoms with Crippen LogP contribution in [0.5, 0.6) is 0 Å². The highest BCUT2D eigenvalue weighted by Crippen LogP contribution is 2.35. The first-order valence-corrected chi connectivity index (χ1v) is 8.24. The number of amides is 2. The fraction of sp³-hybridized carbons (Fsp3) is 0.316. The Morgan fingerprint density at radius 1 is 1.32 bits per heavy atom. The summed E-state index contributed by atoms with van der Waals surface area (Å²) < 4.78 is 13.2. The molecule has 2 atom stereocenters. The van der Waals surface area contributed by atoms with Gasteiger partial charge in [-0.2, -0.15) is 0 Å². The van der Waals surface area contributed by atoms with E-state index < -0.39 is 6.04 Å². The quantitative estimate of drug-likeness (QED) is 0.929. The molecule has 2 aromatic rings. The number of halogens is 1. The SMILES string of the molecule is CN1C(=O)CC[C@H](C(=O)NCc2cccnc2)[C@@H]1c1ccc(F)cc1. The molecule has 0 aliphatic carbocycles. The van der Waals surface area contributed by atoms with E-state index >= 15 is 0 Å². The molecule has 5 nitrogen and oxygen atoms in total. The van der Waals surface area contributed by atoms with Crippen molar-refractivity contribution in [2.75, 3.05) is 7.05 Å². The number of nitrogens with one attached hydrogen (secondary N) is 1. The molecule has 0 saturated carbocycles. The molecule has 2 amide bonds. The third-order valence-electron chi connectivity index (χ3n) is 4.60. The molecule has 1 aliphatic heterocycles. The molecule has 2 heterocycles. The number of nitrogens with zero attached hydrogens (tertiary/aromatic N) is 2. The van der Waals surface area contributed by atoms with E-state index in [0.29, 0.717) is 19.4 Å². The highest BCUT2D eigenvalue weighted by molar-refractivity contribution is 5.84. The van der Waals surface area contributed by atoms with Crippen LogP contribution in [0.3, 0.4) is 0 Å². The summed E-state index contributed by atoms with van der Waals surface area (Å²) >= 11 is 0. The summed E-state index contributed by atoms with van der Waals surface area (Å²) in [5.41, 5.74) is 1.67. The van der Waals surface area contributed by atoms with Crippen molar-refractivity contribution >= 4 is 11.8 Å². The summed E-state index contributed by atoms with van der Waals surface area (Å²) in [5, 5.41) is 2.92. The minimum atomic E-state index is -0.393. The van der Waals surface area contributed by atoms with Gasteiger partial charge in [-0.15, -0.1) is 0 Å². The van der Waals surface area contributed by atoms with Gasteiger partial charge >= 0.3 is 0 Å². The van der Waals surface area contributed by atoms with Crippen LogP contribution in [0.4, 0.5) is 4.39 Å². The summed E-state index contributed by atoms with van der Waals surface area (Å²) in [4.78, 5) is 30.5. The third kappa shape index (κ3) is 3.84. The molecule has 6 heteroatoms. The second-order valence-electron chi connectivity index (χ2n) is 6.23. The average molecular weight is 341 g/mol. The molecule has 0 spiro atoms. The van der Waals surface area contributed by atoms with E-state index in [1.54, 1.807) is 36.5 Å². The second-order valence-corrected chi connectivity index (χ2v) is 6.23. The van der Waals surface area contributed by atoms with Crippen LogP contribution in [-0.2, 0) is 16.1 Å². The van der Waals surface area contributed by atoms with Crippen molar-refractivity contribution in [2.45, 2.75) is 25.4 Å². The number of aromatic nitrogens is 1. The fourth-order valence-corrected chi connectivity index (χ4v) is 3.25. The highest BCUT2D eigenvalue weighted by atomic mass is 19.1. The van der Waals surface area contributed by atoms with Gasteiger partial charge in [-0.1, -0.05) is 18.2 Å². The van der Waals surface area contributed by atoms with Crippen molar-refractivity contribution in [2.24, 2.45) is 5.92 Å². The average Bonchev–Trinajstić information content (AvgIpc) is 2.63. The van der Waals surface area contributed by atoms with Gasteiger partial charge in [-0.05, 0) is 35.7 Å². The molecule has 1 N–H and O–H groups in total. The number of benzene rings is 1. The molecule has 1 aromatic heterocycles. The normalized spacial score (nSPS) is 20.4. The number of rotatable bonds is 4. The van der Waals surface area contributed by atoms with E-state index in [1.165, 1.54) is 12.1 Å². The van der Waals surface area contributed by atoms with Crippen LogP contribution >= 0.6 is 0 Å². The Morgan fingerprint density at radius 2 is 2.08 bits per heavy atom. The first-order valence-electron chi connectivity index (χ1n) is 8.24. The Morgan fingerprint density at radius 3 is 2.76 bits per heavy atom. The van der Waals surface area contributed by atoms with Gasteiger partial charge in [-0.25, -0.2) is 4.39 Å². The van der Waals surface area contributed by atoms with Crippen molar-refractivity contribution in [3.8, 4) is 0 Å². The van der Waals surface area contributed by atoms with E-state index in [1.807, 2.05) is 12.1 Å². The van der Waals surface area contributed by atoms with Crippen molar-refractivity contribution in [1.82, 2.24) is 15.2 Å². The Balaban J connectivity index is 1.78. The van der Waals surface area contributed by atoms with Gasteiger partial charge in [0.15, 0.2) is 0 Å². The molecule has 1 fully saturated rings. The van der Waals surface area contributed by atoms with Gasteiger partial charge in [0.05, 0.1) is 12.0 Å². The number of piperidine rings is 1. The number of pyridine rings is 1. The van der Waals surface area contributed by atoms with Crippen LogP contribution in [-0.4, -0.2) is 28.7 Å². The predicted molar refractivity (Wildman–Crippen MR) is 90.7 cm³/mol. The van der Waals surface area contributed by atoms with Crippen LogP contribution in [0.1, 0.15) is 30.0 Å². The first kappa shape index (κ1) is 17.1. The maximum atomic E-state index is 13.2. The highest BCUT2D eigenvalue weighted by Gasteiger charge is 2.38. The molecular formula is C19H20FN3O2. The number of hydrogen-bond acceptors (Lipinski definition) is 3. The van der Waals surface area contributed by atoms with Crippen molar-refractivity contribution in [3.05, 3.63) is 65.7 Å². The zero-order valence-corrected chi connectivity index (χ0v) is 14.0. The number of carbonyl (C=O) groups is 2. The number of hydrogen-bond donors (Lipinski definition) is 1. The topological polar surface area (TPSA) is 62.3 Å². The molecule has 0 unspecified atom stereocenters. The predicted octanol–water partition coefficient (Wildman–Crippen LogP) is 2.45. The van der Waals surface area contributed by atoms with Crippen LogP contribution in [0, 0.1) is 11.7 Å². The maximum absolute atomic E-state index is 13.2. The lowest BCUT2D eigenvalue weighted by Gasteiger charge is -2.38. The summed E-state index contributed by atoms with van der Waals surface area (Å²) in [6.07, 6.45) is 4.19. The molecule has 1 aromatic carbocycles. The minimum absolute atomic E-state index is 0.00867. The minimum Gasteiger partial charge on any atom is -0.352 e. The largest absolute Gasteiger partial charge is 0.352 e. The van der Waals surface area contributed by atoms with Crippen molar-refractivity contribution in [3.63, 3.8) is 0 Å². The van der Waals surface area contributed by atoms with Crippen LogP contribution in [0.25, 0.3) is 0 Å². The monoisotopic (exact) mass is 341 g/mol. The smallest absolute Gasteiger partial charge is 0.225 e. The van der Waals surface area contributed by atoms with E-state index in [0.717, 1.165) is 11.1 Å². The zero-order chi connectivity index (χ0) is 17.8. The van der Waals surface area contributed by atoms with Gasteiger partial charge in [0.25, 0.3) is 0 Å². The number of likely N-dealkylation sites (tertiary alicyclic amines) is 1. The van der Waals surface area contributed by atoms with Gasteiger partial charge in [0.1, 0.15) is 5.82 Å². The summed E-state index contributed by atoms with van der Waals surface area (Å²) in [6, 6.07) is 9.29. The van der Waals surface area contributed by atoms with Crippen LogP contribution in [0.15, 0.2) is 48.8 Å². The Hall–Kier alpha value is -2.76. The molecule has 1 aliphatic rings. The van der Waals surface area contributed by atoms with Gasteiger partial charge in [-0.3, -0.25) is 14.6 Å². The lowest BCUT2D eigenvalue weighted by Crippen LogP contribution is -2.46. The second kappa shape index (κ2) is 7.42. The molecule has 130 valence electrons. The van der Waals surface area contributed by atoms with Gasteiger partial charge in [0.2, 0.25) is 11.8 Å². The lowest BCUT2D eigenvalue weighted by molar-refractivity contribution is -0.141. The fourth-order valence-electron chi connectivity index (χ4n) is 3.25. The Labute approximate surface area is 145 Å². The standard InChI is InChI=1S/C19H20FN3O2/c1-23-17(24)9-8-16(18(23)14-4-6-15(20)7-5-14)19(25)22-12-13-3-2-10-21-11-13/h2-7,10-11,16,18H,8-9,12H2,1H3,(H,22,25)/t16-,18-/m0/s1. The van der Waals surface area contributed by atoms with Crippen LogP contribution in [0.2, 0.25) is 0 Å². The summed E-state index contributed by atoms with van der Waals surface area (Å²) in [7, 11) is 1.69. The van der Waals surface area contributed by atoms with Crippen molar-refractivity contribution in [1.29, 1.82) is 0 Å². The zero-order valence-electron chi connectivity index (χ0n) is 14.0. The Bertz CT molecular complexity index is 749.